The summed E-state index contributed by atoms with van der Waals surface area (Å²) in [6, 6.07) is 9.20. The molecule has 96 valence electrons. The summed E-state index contributed by atoms with van der Waals surface area (Å²) in [5, 5.41) is -0.424. The number of amides is 1. The lowest BCUT2D eigenvalue weighted by Crippen LogP contribution is -2.32. The third-order valence-corrected chi connectivity index (χ3v) is 5.00. The van der Waals surface area contributed by atoms with Gasteiger partial charge < -0.3 is 4.90 Å². The highest BCUT2D eigenvalue weighted by molar-refractivity contribution is 7.86. The Bertz CT molecular complexity index is 472. The molecule has 0 spiro atoms. The second kappa shape index (κ2) is 5.48. The lowest BCUT2D eigenvalue weighted by atomic mass is 10.1. The quantitative estimate of drug-likeness (QED) is 0.777. The van der Waals surface area contributed by atoms with Crippen LogP contribution in [0.3, 0.4) is 0 Å². The largest absolute Gasteiger partial charge is 0.338 e. The molecule has 0 aromatic heterocycles. The molecule has 1 aromatic rings. The van der Waals surface area contributed by atoms with Crippen molar-refractivity contribution in [2.45, 2.75) is 17.1 Å². The normalized spacial score (nSPS) is 25.2. The van der Waals surface area contributed by atoms with Crippen LogP contribution in [0.4, 0.5) is 0 Å². The van der Waals surface area contributed by atoms with Crippen LogP contribution < -0.4 is 0 Å². The average Bonchev–Trinajstić information content (AvgIpc) is 2.65. The zero-order valence-electron chi connectivity index (χ0n) is 10.4. The van der Waals surface area contributed by atoms with Crippen LogP contribution in [-0.4, -0.2) is 33.4 Å². The van der Waals surface area contributed by atoms with E-state index in [-0.39, 0.29) is 11.8 Å². The number of nitrogens with zero attached hydrogens (tertiary/aromatic N) is 1. The van der Waals surface area contributed by atoms with Gasteiger partial charge in [-0.15, -0.1) is 6.58 Å². The van der Waals surface area contributed by atoms with E-state index >= 15 is 0 Å². The van der Waals surface area contributed by atoms with Crippen molar-refractivity contribution in [1.29, 1.82) is 0 Å². The predicted molar refractivity (Wildman–Crippen MR) is 72.6 cm³/mol. The molecule has 0 N–H and O–H groups in total. The van der Waals surface area contributed by atoms with Crippen LogP contribution >= 0.6 is 0 Å². The van der Waals surface area contributed by atoms with Crippen LogP contribution in [-0.2, 0) is 15.6 Å². The molecule has 0 unspecified atom stereocenters. The molecule has 0 saturated carbocycles. The molecule has 1 amide bonds. The van der Waals surface area contributed by atoms with Gasteiger partial charge in [0.05, 0.1) is 10.8 Å². The summed E-state index contributed by atoms with van der Waals surface area (Å²) in [6.07, 6.45) is 1.71. The van der Waals surface area contributed by atoms with E-state index < -0.39 is 16.0 Å². The zero-order valence-corrected chi connectivity index (χ0v) is 11.2. The Morgan fingerprint density at radius 3 is 2.72 bits per heavy atom. The monoisotopic (exact) mass is 263 g/mol. The van der Waals surface area contributed by atoms with E-state index in [1.54, 1.807) is 11.0 Å². The first-order valence-corrected chi connectivity index (χ1v) is 7.21. The maximum absolute atomic E-state index is 12.5. The molecule has 1 fully saturated rings. The number of rotatable bonds is 4. The first kappa shape index (κ1) is 13.0. The molecule has 1 heterocycles. The lowest BCUT2D eigenvalue weighted by molar-refractivity contribution is -0.126. The molecule has 3 nitrogen and oxygen atoms in total. The van der Waals surface area contributed by atoms with Crippen LogP contribution in [0.25, 0.3) is 0 Å². The molecular weight excluding hydrogens is 246 g/mol. The van der Waals surface area contributed by atoms with Gasteiger partial charge in [0.1, 0.15) is 5.25 Å². The highest BCUT2D eigenvalue weighted by Gasteiger charge is 2.41. The fraction of sp³-hybridized carbons (Fsp3) is 0.357. The summed E-state index contributed by atoms with van der Waals surface area (Å²) in [7, 11) is -1.27. The van der Waals surface area contributed by atoms with Crippen LogP contribution in [0.2, 0.25) is 0 Å². The molecule has 0 aliphatic carbocycles. The summed E-state index contributed by atoms with van der Waals surface area (Å²) in [5.74, 6) is 0.0862. The summed E-state index contributed by atoms with van der Waals surface area (Å²) in [4.78, 5) is 14.7. The van der Waals surface area contributed by atoms with Crippen molar-refractivity contribution >= 4 is 16.7 Å². The van der Waals surface area contributed by atoms with Gasteiger partial charge in [0.25, 0.3) is 0 Å². The van der Waals surface area contributed by atoms with Crippen molar-refractivity contribution in [3.8, 4) is 0 Å². The molecule has 0 radical (unpaired) electrons. The Hall–Kier alpha value is -1.42. The van der Waals surface area contributed by atoms with Crippen LogP contribution in [0.15, 0.2) is 47.9 Å². The van der Waals surface area contributed by atoms with Crippen LogP contribution in [0.5, 0.6) is 0 Å². The van der Waals surface area contributed by atoms with Gasteiger partial charge in [-0.05, 0) is 18.1 Å². The van der Waals surface area contributed by atoms with Crippen molar-refractivity contribution in [3.05, 3.63) is 43.0 Å². The van der Waals surface area contributed by atoms with Crippen molar-refractivity contribution in [3.63, 3.8) is 0 Å². The summed E-state index contributed by atoms with van der Waals surface area (Å²) < 4.78 is 12.5. The third kappa shape index (κ3) is 2.38. The SMILES string of the molecule is C=CCN1C[C@H](C)[C@@H]([S@](=O)c2ccccc2)C1=O. The van der Waals surface area contributed by atoms with Gasteiger partial charge in [0.2, 0.25) is 5.91 Å². The van der Waals surface area contributed by atoms with E-state index in [0.29, 0.717) is 13.1 Å². The summed E-state index contributed by atoms with van der Waals surface area (Å²) in [5.41, 5.74) is 0. The van der Waals surface area contributed by atoms with E-state index in [4.69, 9.17) is 0 Å². The Morgan fingerprint density at radius 2 is 2.11 bits per heavy atom. The molecule has 2 rings (SSSR count). The highest BCUT2D eigenvalue weighted by atomic mass is 32.2. The Labute approximate surface area is 110 Å². The number of hydrogen-bond acceptors (Lipinski definition) is 2. The standard InChI is InChI=1S/C14H17NO2S/c1-3-9-15-10-11(2)13(14(15)16)18(17)12-7-5-4-6-8-12/h3-8,11,13H,1,9-10H2,2H3/t11-,13+,18+/m0/s1. The van der Waals surface area contributed by atoms with Gasteiger partial charge in [-0.2, -0.15) is 0 Å². The van der Waals surface area contributed by atoms with Gasteiger partial charge in [-0.3, -0.25) is 9.00 Å². The molecule has 4 heteroatoms. The molecule has 1 aromatic carbocycles. The van der Waals surface area contributed by atoms with Gasteiger partial charge >= 0.3 is 0 Å². The van der Waals surface area contributed by atoms with Crippen molar-refractivity contribution in [2.75, 3.05) is 13.1 Å². The Kier molecular flexibility index (Phi) is 3.97. The van der Waals surface area contributed by atoms with Crippen LogP contribution in [0.1, 0.15) is 6.92 Å². The van der Waals surface area contributed by atoms with E-state index in [0.717, 1.165) is 4.90 Å². The van der Waals surface area contributed by atoms with Gasteiger partial charge in [-0.1, -0.05) is 31.2 Å². The molecule has 1 aliphatic heterocycles. The van der Waals surface area contributed by atoms with Gasteiger partial charge in [0, 0.05) is 18.0 Å². The maximum atomic E-state index is 12.5. The zero-order chi connectivity index (χ0) is 13.1. The van der Waals surface area contributed by atoms with Crippen LogP contribution in [0, 0.1) is 5.92 Å². The lowest BCUT2D eigenvalue weighted by Gasteiger charge is -2.14. The number of benzene rings is 1. The Balaban J connectivity index is 2.21. The minimum Gasteiger partial charge on any atom is -0.338 e. The third-order valence-electron chi connectivity index (χ3n) is 3.14. The van der Waals surface area contributed by atoms with E-state index in [2.05, 4.69) is 6.58 Å². The summed E-state index contributed by atoms with van der Waals surface area (Å²) in [6.45, 7) is 6.81. The first-order chi connectivity index (χ1) is 8.65. The number of carbonyl (C=O) groups excluding carboxylic acids is 1. The second-order valence-electron chi connectivity index (χ2n) is 4.54. The molecular formula is C14H17NO2S. The minimum atomic E-state index is -1.27. The maximum Gasteiger partial charge on any atom is 0.239 e. The van der Waals surface area contributed by atoms with Gasteiger partial charge in [-0.25, -0.2) is 0 Å². The molecule has 3 atom stereocenters. The predicted octanol–water partition coefficient (Wildman–Crippen LogP) is 1.83. The minimum absolute atomic E-state index is 0.0235. The topological polar surface area (TPSA) is 37.4 Å². The molecule has 0 bridgehead atoms. The number of likely N-dealkylation sites (tertiary alicyclic amines) is 1. The first-order valence-electron chi connectivity index (χ1n) is 6.00. The smallest absolute Gasteiger partial charge is 0.239 e. The van der Waals surface area contributed by atoms with Crippen molar-refractivity contribution < 1.29 is 9.00 Å². The van der Waals surface area contributed by atoms with E-state index in [9.17, 15) is 9.00 Å². The fourth-order valence-corrected chi connectivity index (χ4v) is 3.84. The van der Waals surface area contributed by atoms with Crippen molar-refractivity contribution in [2.24, 2.45) is 5.92 Å². The van der Waals surface area contributed by atoms with E-state index in [1.165, 1.54) is 0 Å². The molecule has 1 aliphatic rings. The Morgan fingerprint density at radius 1 is 1.44 bits per heavy atom. The highest BCUT2D eigenvalue weighted by Crippen LogP contribution is 2.26. The number of carbonyl (C=O) groups is 1. The molecule has 18 heavy (non-hydrogen) atoms. The van der Waals surface area contributed by atoms with E-state index in [1.807, 2.05) is 37.3 Å². The molecule has 1 saturated heterocycles. The van der Waals surface area contributed by atoms with Gasteiger partial charge in [0.15, 0.2) is 0 Å². The number of hydrogen-bond donors (Lipinski definition) is 0. The average molecular weight is 263 g/mol. The van der Waals surface area contributed by atoms with Crippen molar-refractivity contribution in [1.82, 2.24) is 4.90 Å². The summed E-state index contributed by atoms with van der Waals surface area (Å²) >= 11 is 0. The second-order valence-corrected chi connectivity index (χ2v) is 6.11. The fourth-order valence-electron chi connectivity index (χ4n) is 2.28.